The molecular weight excluding hydrogens is 326 g/mol. The van der Waals surface area contributed by atoms with Gasteiger partial charge in [-0.2, -0.15) is 0 Å². The minimum absolute atomic E-state index is 0.275. The van der Waals surface area contributed by atoms with E-state index in [0.717, 1.165) is 20.8 Å². The molecule has 0 aliphatic carbocycles. The third-order valence-corrected chi connectivity index (χ3v) is 4.96. The fourth-order valence-electron chi connectivity index (χ4n) is 2.02. The lowest BCUT2D eigenvalue weighted by molar-refractivity contribution is -0.138. The molecule has 1 aromatic heterocycles. The molecule has 3 nitrogen and oxygen atoms in total. The molecule has 0 saturated carbocycles. The van der Waals surface area contributed by atoms with E-state index in [1.54, 1.807) is 29.2 Å². The maximum Gasteiger partial charge on any atom is 0.331 e. The molecule has 0 radical (unpaired) electrons. The first kappa shape index (κ1) is 15.8. The predicted molar refractivity (Wildman–Crippen MR) is 96.7 cm³/mol. The Morgan fingerprint density at radius 2 is 2.00 bits per heavy atom. The number of thioether (sulfide) groups is 1. The van der Waals surface area contributed by atoms with Crippen LogP contribution in [-0.2, 0) is 16.1 Å². The van der Waals surface area contributed by atoms with Gasteiger partial charge in [0, 0.05) is 11.0 Å². The quantitative estimate of drug-likeness (QED) is 0.380. The van der Waals surface area contributed by atoms with E-state index in [2.05, 4.69) is 4.98 Å². The fraction of sp³-hybridized carbons (Fsp3) is 0.111. The average Bonchev–Trinajstić information content (AvgIpc) is 3.01. The predicted octanol–water partition coefficient (Wildman–Crippen LogP) is 4.77. The number of aromatic nitrogens is 1. The topological polar surface area (TPSA) is 39.2 Å². The average molecular weight is 341 g/mol. The van der Waals surface area contributed by atoms with Gasteiger partial charge in [-0.25, -0.2) is 9.78 Å². The summed E-state index contributed by atoms with van der Waals surface area (Å²) in [7, 11) is 0. The highest BCUT2D eigenvalue weighted by atomic mass is 32.2. The van der Waals surface area contributed by atoms with Gasteiger partial charge in [0.05, 0.1) is 10.2 Å². The summed E-state index contributed by atoms with van der Waals surface area (Å²) in [6.45, 7) is 0.275. The molecule has 0 fully saturated rings. The molecule has 1 heterocycles. The number of hydrogen-bond donors (Lipinski definition) is 0. The Labute approximate surface area is 143 Å². The molecule has 5 heteroatoms. The van der Waals surface area contributed by atoms with Gasteiger partial charge in [0.1, 0.15) is 11.6 Å². The van der Waals surface area contributed by atoms with Gasteiger partial charge >= 0.3 is 5.97 Å². The zero-order valence-electron chi connectivity index (χ0n) is 12.6. The van der Waals surface area contributed by atoms with Crippen molar-refractivity contribution in [1.82, 2.24) is 4.98 Å². The van der Waals surface area contributed by atoms with Gasteiger partial charge in [-0.05, 0) is 42.2 Å². The molecule has 0 saturated heterocycles. The Bertz CT molecular complexity index is 805. The Hall–Kier alpha value is -2.11. The van der Waals surface area contributed by atoms with E-state index in [1.807, 2.05) is 54.8 Å². The number of ether oxygens (including phenoxy) is 1. The van der Waals surface area contributed by atoms with Gasteiger partial charge in [0.15, 0.2) is 0 Å². The van der Waals surface area contributed by atoms with Crippen LogP contribution in [0.25, 0.3) is 16.3 Å². The summed E-state index contributed by atoms with van der Waals surface area (Å²) < 4.78 is 6.35. The normalized spacial score (nSPS) is 11.2. The third kappa shape index (κ3) is 4.21. The van der Waals surface area contributed by atoms with Crippen LogP contribution in [0.5, 0.6) is 0 Å². The Kier molecular flexibility index (Phi) is 5.10. The molecule has 116 valence electrons. The SMILES string of the molecule is CSc1ccc(COC(=O)/C=C/c2nc3ccccc3s2)cc1. The zero-order chi connectivity index (χ0) is 16.1. The van der Waals surface area contributed by atoms with E-state index < -0.39 is 0 Å². The van der Waals surface area contributed by atoms with E-state index in [0.29, 0.717) is 0 Å². The van der Waals surface area contributed by atoms with Crippen LogP contribution in [0.2, 0.25) is 0 Å². The second-order valence-electron chi connectivity index (χ2n) is 4.81. The minimum Gasteiger partial charge on any atom is -0.458 e. The number of fused-ring (bicyclic) bond motifs is 1. The molecule has 0 amide bonds. The monoisotopic (exact) mass is 341 g/mol. The van der Waals surface area contributed by atoms with Crippen molar-refractivity contribution < 1.29 is 9.53 Å². The molecule has 0 aliphatic heterocycles. The number of carbonyl (C=O) groups excluding carboxylic acids is 1. The van der Waals surface area contributed by atoms with E-state index in [9.17, 15) is 4.79 Å². The first-order valence-electron chi connectivity index (χ1n) is 7.08. The van der Waals surface area contributed by atoms with Crippen molar-refractivity contribution in [2.45, 2.75) is 11.5 Å². The van der Waals surface area contributed by atoms with E-state index in [1.165, 1.54) is 11.0 Å². The molecule has 23 heavy (non-hydrogen) atoms. The lowest BCUT2D eigenvalue weighted by Crippen LogP contribution is -2.00. The first-order valence-corrected chi connectivity index (χ1v) is 9.12. The molecule has 2 aromatic carbocycles. The van der Waals surface area contributed by atoms with Crippen LogP contribution in [0.15, 0.2) is 59.5 Å². The summed E-state index contributed by atoms with van der Waals surface area (Å²) in [5.41, 5.74) is 1.92. The van der Waals surface area contributed by atoms with Gasteiger partial charge in [-0.15, -0.1) is 23.1 Å². The number of rotatable bonds is 5. The second kappa shape index (κ2) is 7.44. The van der Waals surface area contributed by atoms with Crippen LogP contribution in [0.3, 0.4) is 0 Å². The standard InChI is InChI=1S/C18H15NO2S2/c1-22-14-8-6-13(7-9-14)12-21-18(20)11-10-17-19-15-4-2-3-5-16(15)23-17/h2-11H,12H2,1H3/b11-10+. The number of hydrogen-bond acceptors (Lipinski definition) is 5. The lowest BCUT2D eigenvalue weighted by atomic mass is 10.2. The van der Waals surface area contributed by atoms with Crippen molar-refractivity contribution in [3.05, 3.63) is 65.2 Å². The summed E-state index contributed by atoms with van der Waals surface area (Å²) >= 11 is 3.23. The van der Waals surface area contributed by atoms with E-state index >= 15 is 0 Å². The molecule has 3 rings (SSSR count). The maximum absolute atomic E-state index is 11.8. The Balaban J connectivity index is 1.57. The molecule has 0 atom stereocenters. The third-order valence-electron chi connectivity index (χ3n) is 3.21. The highest BCUT2D eigenvalue weighted by molar-refractivity contribution is 7.98. The van der Waals surface area contributed by atoms with Crippen molar-refractivity contribution in [2.75, 3.05) is 6.26 Å². The molecular formula is C18H15NO2S2. The number of nitrogens with zero attached hydrogens (tertiary/aromatic N) is 1. The van der Waals surface area contributed by atoms with Crippen molar-refractivity contribution in [3.63, 3.8) is 0 Å². The second-order valence-corrected chi connectivity index (χ2v) is 6.75. The van der Waals surface area contributed by atoms with Gasteiger partial charge in [0.2, 0.25) is 0 Å². The van der Waals surface area contributed by atoms with Gasteiger partial charge in [-0.3, -0.25) is 0 Å². The molecule has 0 N–H and O–H groups in total. The van der Waals surface area contributed by atoms with Crippen LogP contribution in [0, 0.1) is 0 Å². The summed E-state index contributed by atoms with van der Waals surface area (Å²) in [6, 6.07) is 15.9. The van der Waals surface area contributed by atoms with Gasteiger partial charge < -0.3 is 4.74 Å². The number of benzene rings is 2. The van der Waals surface area contributed by atoms with Crippen molar-refractivity contribution in [3.8, 4) is 0 Å². The number of esters is 1. The smallest absolute Gasteiger partial charge is 0.331 e. The number of thiazole rings is 1. The molecule has 3 aromatic rings. The van der Waals surface area contributed by atoms with Crippen LogP contribution >= 0.6 is 23.1 Å². The fourth-order valence-corrected chi connectivity index (χ4v) is 3.30. The van der Waals surface area contributed by atoms with Gasteiger partial charge in [-0.1, -0.05) is 24.3 Å². The number of carbonyl (C=O) groups is 1. The van der Waals surface area contributed by atoms with Gasteiger partial charge in [0.25, 0.3) is 0 Å². The molecule has 0 aliphatic rings. The lowest BCUT2D eigenvalue weighted by Gasteiger charge is -2.03. The number of para-hydroxylation sites is 1. The summed E-state index contributed by atoms with van der Waals surface area (Å²) in [5, 5.41) is 0.799. The van der Waals surface area contributed by atoms with Crippen molar-refractivity contribution >= 4 is 45.4 Å². The van der Waals surface area contributed by atoms with E-state index in [-0.39, 0.29) is 12.6 Å². The van der Waals surface area contributed by atoms with Crippen LogP contribution in [0.4, 0.5) is 0 Å². The van der Waals surface area contributed by atoms with Crippen LogP contribution in [0.1, 0.15) is 10.6 Å². The summed E-state index contributed by atoms with van der Waals surface area (Å²) in [4.78, 5) is 17.4. The van der Waals surface area contributed by atoms with Crippen molar-refractivity contribution in [2.24, 2.45) is 0 Å². The summed E-state index contributed by atoms with van der Waals surface area (Å²) in [5.74, 6) is -0.363. The largest absolute Gasteiger partial charge is 0.458 e. The molecule has 0 bridgehead atoms. The van der Waals surface area contributed by atoms with Crippen LogP contribution in [-0.4, -0.2) is 17.2 Å². The maximum atomic E-state index is 11.8. The van der Waals surface area contributed by atoms with E-state index in [4.69, 9.17) is 4.74 Å². The van der Waals surface area contributed by atoms with Crippen LogP contribution < -0.4 is 0 Å². The first-order chi connectivity index (χ1) is 11.2. The highest BCUT2D eigenvalue weighted by Gasteiger charge is 2.02. The zero-order valence-corrected chi connectivity index (χ0v) is 14.2. The minimum atomic E-state index is -0.363. The summed E-state index contributed by atoms with van der Waals surface area (Å²) in [6.07, 6.45) is 5.15. The molecule has 0 spiro atoms. The van der Waals surface area contributed by atoms with Crippen molar-refractivity contribution in [1.29, 1.82) is 0 Å². The highest BCUT2D eigenvalue weighted by Crippen LogP contribution is 2.22. The Morgan fingerprint density at radius 1 is 1.22 bits per heavy atom. The molecule has 0 unspecified atom stereocenters. The Morgan fingerprint density at radius 3 is 2.74 bits per heavy atom.